The van der Waals surface area contributed by atoms with Crippen LogP contribution in [-0.2, 0) is 0 Å². The van der Waals surface area contributed by atoms with E-state index in [2.05, 4.69) is 20.6 Å². The Hall–Kier alpha value is -3.09. The number of carbonyl (C=O) groups is 1. The molecular weight excluding hydrogens is 362 g/mol. The summed E-state index contributed by atoms with van der Waals surface area (Å²) in [6, 6.07) is 6.90. The number of hydrogen-bond acceptors (Lipinski definition) is 3. The lowest BCUT2D eigenvalue weighted by Gasteiger charge is -2.23. The molecule has 4 rings (SSSR count). The van der Waals surface area contributed by atoms with Gasteiger partial charge in [-0.3, -0.25) is 10.3 Å². The van der Waals surface area contributed by atoms with E-state index in [4.69, 9.17) is 0 Å². The lowest BCUT2D eigenvalue weighted by molar-refractivity contribution is 0.244. The summed E-state index contributed by atoms with van der Waals surface area (Å²) in [6.45, 7) is 0. The topological polar surface area (TPSA) is 66.9 Å². The Morgan fingerprint density at radius 3 is 2.64 bits per heavy atom. The number of nitrogens with one attached hydrogen (secondary N) is 2. The van der Waals surface area contributed by atoms with Gasteiger partial charge < -0.3 is 5.32 Å². The fraction of sp³-hybridized carbons (Fsp3) is 0.286. The second-order valence-electron chi connectivity index (χ2n) is 7.02. The minimum Gasteiger partial charge on any atom is -0.335 e. The first-order chi connectivity index (χ1) is 13.6. The van der Waals surface area contributed by atoms with Crippen LogP contribution < -0.4 is 10.6 Å². The summed E-state index contributed by atoms with van der Waals surface area (Å²) in [5.41, 5.74) is 1.57. The van der Waals surface area contributed by atoms with Crippen LogP contribution in [0.25, 0.3) is 22.0 Å². The van der Waals surface area contributed by atoms with Crippen molar-refractivity contribution in [1.29, 1.82) is 0 Å². The van der Waals surface area contributed by atoms with Crippen molar-refractivity contribution in [3.8, 4) is 11.1 Å². The van der Waals surface area contributed by atoms with E-state index in [0.29, 0.717) is 16.6 Å². The minimum atomic E-state index is -0.957. The zero-order valence-electron chi connectivity index (χ0n) is 15.2. The third-order valence-corrected chi connectivity index (χ3v) is 5.02. The largest absolute Gasteiger partial charge is 0.335 e. The fourth-order valence-corrected chi connectivity index (χ4v) is 3.57. The molecule has 1 aromatic carbocycles. The van der Waals surface area contributed by atoms with E-state index in [1.54, 1.807) is 24.5 Å². The Morgan fingerprint density at radius 2 is 1.86 bits per heavy atom. The third kappa shape index (κ3) is 3.93. The van der Waals surface area contributed by atoms with Crippen LogP contribution in [0, 0.1) is 11.6 Å². The van der Waals surface area contributed by atoms with Crippen LogP contribution in [0.15, 0.2) is 42.7 Å². The molecule has 144 valence electrons. The molecule has 1 aliphatic rings. The maximum absolute atomic E-state index is 13.8. The number of urea groups is 1. The van der Waals surface area contributed by atoms with Gasteiger partial charge in [0.2, 0.25) is 0 Å². The van der Waals surface area contributed by atoms with E-state index >= 15 is 0 Å². The molecule has 0 radical (unpaired) electrons. The molecule has 2 amide bonds. The van der Waals surface area contributed by atoms with Gasteiger partial charge in [-0.05, 0) is 42.7 Å². The zero-order chi connectivity index (χ0) is 19.5. The number of anilines is 1. The van der Waals surface area contributed by atoms with Crippen molar-refractivity contribution >= 4 is 22.8 Å². The molecule has 0 atom stereocenters. The SMILES string of the molecule is O=C(Nc1nc2ccncc2cc1-c1ccc(F)c(F)c1)NC1CCCCC1. The van der Waals surface area contributed by atoms with E-state index < -0.39 is 11.6 Å². The molecule has 0 saturated heterocycles. The molecule has 7 heteroatoms. The normalized spacial score (nSPS) is 14.8. The molecule has 0 bridgehead atoms. The number of fused-ring (bicyclic) bond motifs is 1. The lowest BCUT2D eigenvalue weighted by Crippen LogP contribution is -2.39. The molecule has 2 heterocycles. The second kappa shape index (κ2) is 7.88. The number of halogens is 2. The summed E-state index contributed by atoms with van der Waals surface area (Å²) < 4.78 is 27.1. The van der Waals surface area contributed by atoms with Crippen molar-refractivity contribution in [2.75, 3.05) is 5.32 Å². The van der Waals surface area contributed by atoms with Gasteiger partial charge in [0.05, 0.1) is 5.52 Å². The van der Waals surface area contributed by atoms with Crippen molar-refractivity contribution in [3.05, 3.63) is 54.4 Å². The van der Waals surface area contributed by atoms with E-state index in [-0.39, 0.29) is 17.9 Å². The molecule has 2 N–H and O–H groups in total. The zero-order valence-corrected chi connectivity index (χ0v) is 15.2. The average molecular weight is 382 g/mol. The highest BCUT2D eigenvalue weighted by Crippen LogP contribution is 2.31. The highest BCUT2D eigenvalue weighted by atomic mass is 19.2. The van der Waals surface area contributed by atoms with E-state index in [0.717, 1.165) is 43.2 Å². The first-order valence-electron chi connectivity index (χ1n) is 9.38. The van der Waals surface area contributed by atoms with Crippen LogP contribution in [0.2, 0.25) is 0 Å². The molecular formula is C21H20F2N4O. The van der Waals surface area contributed by atoms with Gasteiger partial charge in [0, 0.05) is 29.4 Å². The average Bonchev–Trinajstić information content (AvgIpc) is 2.70. The van der Waals surface area contributed by atoms with Gasteiger partial charge in [0.1, 0.15) is 5.82 Å². The molecule has 1 aliphatic carbocycles. The van der Waals surface area contributed by atoms with Gasteiger partial charge >= 0.3 is 6.03 Å². The molecule has 0 aliphatic heterocycles. The molecule has 1 saturated carbocycles. The Balaban J connectivity index is 1.68. The number of nitrogens with zero attached hydrogens (tertiary/aromatic N) is 2. The summed E-state index contributed by atoms with van der Waals surface area (Å²) in [5, 5.41) is 6.50. The van der Waals surface area contributed by atoms with Gasteiger partial charge in [-0.1, -0.05) is 25.3 Å². The van der Waals surface area contributed by atoms with Crippen LogP contribution in [0.5, 0.6) is 0 Å². The molecule has 1 fully saturated rings. The van der Waals surface area contributed by atoms with Crippen molar-refractivity contribution < 1.29 is 13.6 Å². The molecule has 2 aromatic heterocycles. The number of aromatic nitrogens is 2. The predicted octanol–water partition coefficient (Wildman–Crippen LogP) is 5.03. The van der Waals surface area contributed by atoms with Crippen LogP contribution in [0.4, 0.5) is 19.4 Å². The minimum absolute atomic E-state index is 0.144. The van der Waals surface area contributed by atoms with Crippen molar-refractivity contribution in [1.82, 2.24) is 15.3 Å². The van der Waals surface area contributed by atoms with Crippen molar-refractivity contribution in [2.45, 2.75) is 38.1 Å². The number of pyridine rings is 2. The molecule has 0 unspecified atom stereocenters. The monoisotopic (exact) mass is 382 g/mol. The summed E-state index contributed by atoms with van der Waals surface area (Å²) in [6.07, 6.45) is 8.56. The maximum Gasteiger partial charge on any atom is 0.320 e. The maximum atomic E-state index is 13.8. The summed E-state index contributed by atoms with van der Waals surface area (Å²) in [4.78, 5) is 21.1. The predicted molar refractivity (Wildman–Crippen MR) is 104 cm³/mol. The molecule has 5 nitrogen and oxygen atoms in total. The summed E-state index contributed by atoms with van der Waals surface area (Å²) in [7, 11) is 0. The third-order valence-electron chi connectivity index (χ3n) is 5.02. The quantitative estimate of drug-likeness (QED) is 0.668. The standard InChI is InChI=1S/C21H20F2N4O/c22-17-7-6-13(11-18(17)23)16-10-14-12-24-9-8-19(14)26-20(16)27-21(28)25-15-4-2-1-3-5-15/h6-12,15H,1-5H2,(H2,25,26,27,28). The smallest absolute Gasteiger partial charge is 0.320 e. The fourth-order valence-electron chi connectivity index (χ4n) is 3.57. The van der Waals surface area contributed by atoms with E-state index in [1.807, 2.05) is 0 Å². The van der Waals surface area contributed by atoms with E-state index in [1.165, 1.54) is 12.5 Å². The van der Waals surface area contributed by atoms with Crippen LogP contribution in [-0.4, -0.2) is 22.0 Å². The van der Waals surface area contributed by atoms with Gasteiger partial charge in [0.25, 0.3) is 0 Å². The van der Waals surface area contributed by atoms with Crippen LogP contribution in [0.1, 0.15) is 32.1 Å². The highest BCUT2D eigenvalue weighted by Gasteiger charge is 2.18. The lowest BCUT2D eigenvalue weighted by atomic mass is 9.96. The van der Waals surface area contributed by atoms with Gasteiger partial charge in [-0.15, -0.1) is 0 Å². The number of hydrogen-bond donors (Lipinski definition) is 2. The van der Waals surface area contributed by atoms with Crippen LogP contribution in [0.3, 0.4) is 0 Å². The Labute approximate surface area is 161 Å². The highest BCUT2D eigenvalue weighted by molar-refractivity contribution is 5.96. The van der Waals surface area contributed by atoms with E-state index in [9.17, 15) is 13.6 Å². The van der Waals surface area contributed by atoms with Crippen molar-refractivity contribution in [3.63, 3.8) is 0 Å². The van der Waals surface area contributed by atoms with Gasteiger partial charge in [0.15, 0.2) is 11.6 Å². The number of amides is 2. The first-order valence-corrected chi connectivity index (χ1v) is 9.38. The first kappa shape index (κ1) is 18.3. The summed E-state index contributed by atoms with van der Waals surface area (Å²) in [5.74, 6) is -1.59. The Morgan fingerprint density at radius 1 is 1.04 bits per heavy atom. The van der Waals surface area contributed by atoms with Gasteiger partial charge in [-0.25, -0.2) is 18.6 Å². The Bertz CT molecular complexity index is 1020. The number of benzene rings is 1. The second-order valence-corrected chi connectivity index (χ2v) is 7.02. The van der Waals surface area contributed by atoms with Crippen LogP contribution >= 0.6 is 0 Å². The molecule has 28 heavy (non-hydrogen) atoms. The molecule has 3 aromatic rings. The molecule has 0 spiro atoms. The number of rotatable bonds is 3. The Kier molecular flexibility index (Phi) is 5.14. The number of carbonyl (C=O) groups excluding carboxylic acids is 1. The van der Waals surface area contributed by atoms with Gasteiger partial charge in [-0.2, -0.15) is 0 Å². The summed E-state index contributed by atoms with van der Waals surface area (Å²) >= 11 is 0. The van der Waals surface area contributed by atoms with Crippen molar-refractivity contribution in [2.24, 2.45) is 0 Å².